The fourth-order valence-corrected chi connectivity index (χ4v) is 2.49. The molecule has 0 saturated heterocycles. The zero-order valence-electron chi connectivity index (χ0n) is 10.2. The Hall–Kier alpha value is -0.990. The topological polar surface area (TPSA) is 12.0 Å². The summed E-state index contributed by atoms with van der Waals surface area (Å²) in [6.45, 7) is 2.95. The van der Waals surface area contributed by atoms with E-state index in [0.717, 1.165) is 22.5 Å². The van der Waals surface area contributed by atoms with Gasteiger partial charge in [0.1, 0.15) is 0 Å². The van der Waals surface area contributed by atoms with Crippen LogP contribution in [0.3, 0.4) is 0 Å². The molecule has 0 aliphatic heterocycles. The zero-order chi connectivity index (χ0) is 13.0. The predicted molar refractivity (Wildman–Crippen MR) is 82.3 cm³/mol. The molecule has 2 aromatic rings. The molecule has 0 bridgehead atoms. The van der Waals surface area contributed by atoms with Gasteiger partial charge in [0.25, 0.3) is 0 Å². The van der Waals surface area contributed by atoms with Crippen LogP contribution in [0, 0.1) is 0 Å². The van der Waals surface area contributed by atoms with Crippen molar-refractivity contribution in [2.24, 2.45) is 0 Å². The first-order chi connectivity index (χ1) is 8.69. The maximum absolute atomic E-state index is 5.97. The van der Waals surface area contributed by atoms with Crippen molar-refractivity contribution in [1.82, 2.24) is 0 Å². The summed E-state index contributed by atoms with van der Waals surface area (Å²) < 4.78 is 1.12. The molecule has 0 atom stereocenters. The maximum Gasteiger partial charge on any atom is 0.0409 e. The van der Waals surface area contributed by atoms with Gasteiger partial charge < -0.3 is 5.32 Å². The first kappa shape index (κ1) is 13.4. The Balaban J connectivity index is 2.10. The molecule has 0 unspecified atom stereocenters. The highest BCUT2D eigenvalue weighted by Gasteiger charge is 2.01. The van der Waals surface area contributed by atoms with E-state index in [9.17, 15) is 0 Å². The Labute approximate surface area is 121 Å². The van der Waals surface area contributed by atoms with Gasteiger partial charge >= 0.3 is 0 Å². The number of anilines is 1. The molecular weight excluding hydrogens is 310 g/mol. The van der Waals surface area contributed by atoms with E-state index in [4.69, 9.17) is 11.6 Å². The molecule has 0 aromatic heterocycles. The SMILES string of the molecule is CCc1cc(Br)ccc1NCc1cccc(Cl)c1. The highest BCUT2D eigenvalue weighted by molar-refractivity contribution is 9.10. The number of nitrogens with one attached hydrogen (secondary N) is 1. The molecule has 3 heteroatoms. The quantitative estimate of drug-likeness (QED) is 0.807. The number of hydrogen-bond donors (Lipinski definition) is 1. The number of aryl methyl sites for hydroxylation is 1. The van der Waals surface area contributed by atoms with E-state index < -0.39 is 0 Å². The molecule has 0 fully saturated rings. The molecule has 2 aromatic carbocycles. The lowest BCUT2D eigenvalue weighted by atomic mass is 10.1. The highest BCUT2D eigenvalue weighted by atomic mass is 79.9. The van der Waals surface area contributed by atoms with Crippen molar-refractivity contribution >= 4 is 33.2 Å². The summed E-state index contributed by atoms with van der Waals surface area (Å²) in [6.07, 6.45) is 1.01. The van der Waals surface area contributed by atoms with Crippen LogP contribution in [-0.4, -0.2) is 0 Å². The summed E-state index contributed by atoms with van der Waals surface area (Å²) in [5.41, 5.74) is 3.68. The second-order valence-electron chi connectivity index (χ2n) is 4.14. The van der Waals surface area contributed by atoms with Crippen molar-refractivity contribution in [3.05, 3.63) is 63.1 Å². The van der Waals surface area contributed by atoms with Gasteiger partial charge in [-0.15, -0.1) is 0 Å². The molecular formula is C15H15BrClN. The van der Waals surface area contributed by atoms with E-state index >= 15 is 0 Å². The second-order valence-corrected chi connectivity index (χ2v) is 5.49. The van der Waals surface area contributed by atoms with E-state index in [1.165, 1.54) is 16.8 Å². The lowest BCUT2D eigenvalue weighted by Gasteiger charge is -2.11. The van der Waals surface area contributed by atoms with E-state index in [2.05, 4.69) is 52.4 Å². The summed E-state index contributed by atoms with van der Waals surface area (Å²) in [7, 11) is 0. The van der Waals surface area contributed by atoms with Crippen molar-refractivity contribution in [3.63, 3.8) is 0 Å². The summed E-state index contributed by atoms with van der Waals surface area (Å²) in [6, 6.07) is 14.2. The third-order valence-electron chi connectivity index (χ3n) is 2.82. The summed E-state index contributed by atoms with van der Waals surface area (Å²) >= 11 is 9.47. The molecule has 0 spiro atoms. The smallest absolute Gasteiger partial charge is 0.0409 e. The zero-order valence-corrected chi connectivity index (χ0v) is 12.6. The Morgan fingerprint density at radius 2 is 2.00 bits per heavy atom. The monoisotopic (exact) mass is 323 g/mol. The van der Waals surface area contributed by atoms with Crippen LogP contribution in [0.1, 0.15) is 18.1 Å². The largest absolute Gasteiger partial charge is 0.381 e. The van der Waals surface area contributed by atoms with Gasteiger partial charge in [-0.25, -0.2) is 0 Å². The van der Waals surface area contributed by atoms with Gasteiger partial charge in [-0.2, -0.15) is 0 Å². The molecule has 0 saturated carbocycles. The molecule has 1 nitrogen and oxygen atoms in total. The van der Waals surface area contributed by atoms with Gasteiger partial charge in [-0.1, -0.05) is 46.6 Å². The first-order valence-corrected chi connectivity index (χ1v) is 7.13. The van der Waals surface area contributed by atoms with Crippen LogP contribution in [0.5, 0.6) is 0 Å². The number of hydrogen-bond acceptors (Lipinski definition) is 1. The number of benzene rings is 2. The van der Waals surface area contributed by atoms with Crippen LogP contribution >= 0.6 is 27.5 Å². The van der Waals surface area contributed by atoms with E-state index in [0.29, 0.717) is 0 Å². The Morgan fingerprint density at radius 3 is 2.72 bits per heavy atom. The van der Waals surface area contributed by atoms with Crippen molar-refractivity contribution in [2.75, 3.05) is 5.32 Å². The summed E-state index contributed by atoms with van der Waals surface area (Å²) in [5.74, 6) is 0. The van der Waals surface area contributed by atoms with Crippen LogP contribution in [0.2, 0.25) is 5.02 Å². The summed E-state index contributed by atoms with van der Waals surface area (Å²) in [5, 5.41) is 4.23. The van der Waals surface area contributed by atoms with Gasteiger partial charge in [0.15, 0.2) is 0 Å². The molecule has 0 amide bonds. The van der Waals surface area contributed by atoms with Gasteiger partial charge in [0.05, 0.1) is 0 Å². The van der Waals surface area contributed by atoms with Crippen LogP contribution in [0.25, 0.3) is 0 Å². The fraction of sp³-hybridized carbons (Fsp3) is 0.200. The average Bonchev–Trinajstić information content (AvgIpc) is 2.37. The average molecular weight is 325 g/mol. The first-order valence-electron chi connectivity index (χ1n) is 5.96. The van der Waals surface area contributed by atoms with E-state index in [-0.39, 0.29) is 0 Å². The molecule has 2 rings (SSSR count). The minimum absolute atomic E-state index is 0.779. The Morgan fingerprint density at radius 1 is 1.17 bits per heavy atom. The number of halogens is 2. The third-order valence-corrected chi connectivity index (χ3v) is 3.55. The maximum atomic E-state index is 5.97. The van der Waals surface area contributed by atoms with Crippen molar-refractivity contribution < 1.29 is 0 Å². The Bertz CT molecular complexity index is 540. The fourth-order valence-electron chi connectivity index (χ4n) is 1.87. The second kappa shape index (κ2) is 6.26. The van der Waals surface area contributed by atoms with Gasteiger partial charge in [0, 0.05) is 21.7 Å². The highest BCUT2D eigenvalue weighted by Crippen LogP contribution is 2.22. The van der Waals surface area contributed by atoms with E-state index in [1.54, 1.807) is 0 Å². The summed E-state index contributed by atoms with van der Waals surface area (Å²) in [4.78, 5) is 0. The van der Waals surface area contributed by atoms with Gasteiger partial charge in [-0.3, -0.25) is 0 Å². The van der Waals surface area contributed by atoms with Crippen LogP contribution in [-0.2, 0) is 13.0 Å². The molecule has 1 N–H and O–H groups in total. The Kier molecular flexibility index (Phi) is 4.67. The third kappa shape index (κ3) is 3.50. The van der Waals surface area contributed by atoms with Crippen LogP contribution in [0.4, 0.5) is 5.69 Å². The van der Waals surface area contributed by atoms with Crippen molar-refractivity contribution in [1.29, 1.82) is 0 Å². The van der Waals surface area contributed by atoms with Gasteiger partial charge in [0.2, 0.25) is 0 Å². The predicted octanol–water partition coefficient (Wildman–Crippen LogP) is 5.28. The minimum Gasteiger partial charge on any atom is -0.381 e. The minimum atomic E-state index is 0.779. The molecule has 18 heavy (non-hydrogen) atoms. The standard InChI is InChI=1S/C15H15BrClN/c1-2-12-9-13(16)6-7-15(12)18-10-11-4-3-5-14(17)8-11/h3-9,18H,2,10H2,1H3. The molecule has 0 heterocycles. The van der Waals surface area contributed by atoms with Crippen LogP contribution in [0.15, 0.2) is 46.9 Å². The molecule has 0 aliphatic carbocycles. The van der Waals surface area contributed by atoms with Gasteiger partial charge in [-0.05, 0) is 47.9 Å². The molecule has 0 aliphatic rings. The van der Waals surface area contributed by atoms with Crippen molar-refractivity contribution in [3.8, 4) is 0 Å². The molecule has 94 valence electrons. The van der Waals surface area contributed by atoms with E-state index in [1.807, 2.05) is 18.2 Å². The van der Waals surface area contributed by atoms with Crippen molar-refractivity contribution in [2.45, 2.75) is 19.9 Å². The van der Waals surface area contributed by atoms with Crippen LogP contribution < -0.4 is 5.32 Å². The normalized spacial score (nSPS) is 10.4. The number of rotatable bonds is 4. The lowest BCUT2D eigenvalue weighted by molar-refractivity contribution is 1.09. The lowest BCUT2D eigenvalue weighted by Crippen LogP contribution is -2.02. The molecule has 0 radical (unpaired) electrons.